The number of nitrogens with zero attached hydrogens (tertiary/aromatic N) is 3. The molecule has 1 N–H and O–H groups in total. The lowest BCUT2D eigenvalue weighted by Gasteiger charge is -2.13. The molecule has 0 saturated carbocycles. The number of hydrogen-bond donors (Lipinski definition) is 1. The second-order valence-corrected chi connectivity index (χ2v) is 5.21. The lowest BCUT2D eigenvalue weighted by atomic mass is 10.1. The van der Waals surface area contributed by atoms with Crippen molar-refractivity contribution in [1.82, 2.24) is 20.1 Å². The molecule has 0 radical (unpaired) electrons. The Balaban J connectivity index is 2.00. The Morgan fingerprint density at radius 3 is 2.76 bits per heavy atom. The molecular formula is C12H18N4S. The Morgan fingerprint density at radius 1 is 1.47 bits per heavy atom. The molecule has 0 bridgehead atoms. The first-order valence-electron chi connectivity index (χ1n) is 5.70. The van der Waals surface area contributed by atoms with Gasteiger partial charge < -0.3 is 5.32 Å². The highest BCUT2D eigenvalue weighted by atomic mass is 32.1. The van der Waals surface area contributed by atoms with Gasteiger partial charge in [0.25, 0.3) is 0 Å². The maximum Gasteiger partial charge on any atom is 0.0798 e. The number of rotatable bonds is 4. The van der Waals surface area contributed by atoms with Gasteiger partial charge in [0.2, 0.25) is 0 Å². The molecular weight excluding hydrogens is 232 g/mol. The van der Waals surface area contributed by atoms with Gasteiger partial charge in [0.05, 0.1) is 17.4 Å². The van der Waals surface area contributed by atoms with Gasteiger partial charge in [0.1, 0.15) is 0 Å². The standard InChI is InChI=1S/C12H18N4S/c1-8(11-5-15-16(4)10(11)3)13-6-12-9(2)14-7-17-12/h5,7-8,13H,6H2,1-4H3. The van der Waals surface area contributed by atoms with E-state index in [0.29, 0.717) is 6.04 Å². The third-order valence-electron chi connectivity index (χ3n) is 3.15. The van der Waals surface area contributed by atoms with Crippen molar-refractivity contribution >= 4 is 11.3 Å². The van der Waals surface area contributed by atoms with Gasteiger partial charge >= 0.3 is 0 Å². The summed E-state index contributed by atoms with van der Waals surface area (Å²) >= 11 is 1.70. The molecule has 2 heterocycles. The third kappa shape index (κ3) is 2.56. The molecule has 5 heteroatoms. The van der Waals surface area contributed by atoms with Crippen molar-refractivity contribution < 1.29 is 0 Å². The fourth-order valence-electron chi connectivity index (χ4n) is 1.79. The van der Waals surface area contributed by atoms with E-state index in [0.717, 1.165) is 12.2 Å². The molecule has 0 fully saturated rings. The highest BCUT2D eigenvalue weighted by Crippen LogP contribution is 2.18. The van der Waals surface area contributed by atoms with Gasteiger partial charge in [-0.3, -0.25) is 4.68 Å². The maximum absolute atomic E-state index is 4.27. The van der Waals surface area contributed by atoms with Gasteiger partial charge in [-0.05, 0) is 20.8 Å². The van der Waals surface area contributed by atoms with E-state index in [9.17, 15) is 0 Å². The minimum absolute atomic E-state index is 0.310. The predicted octanol–water partition coefficient (Wildman–Crippen LogP) is 2.34. The zero-order valence-corrected chi connectivity index (χ0v) is 11.5. The summed E-state index contributed by atoms with van der Waals surface area (Å²) in [6.45, 7) is 7.18. The third-order valence-corrected chi connectivity index (χ3v) is 4.09. The van der Waals surface area contributed by atoms with Crippen molar-refractivity contribution in [3.05, 3.63) is 33.5 Å². The summed E-state index contributed by atoms with van der Waals surface area (Å²) in [6.07, 6.45) is 1.94. The van der Waals surface area contributed by atoms with E-state index in [1.165, 1.54) is 16.1 Å². The Labute approximate surface area is 106 Å². The van der Waals surface area contributed by atoms with E-state index < -0.39 is 0 Å². The van der Waals surface area contributed by atoms with Crippen LogP contribution in [-0.4, -0.2) is 14.8 Å². The Morgan fingerprint density at radius 2 is 2.24 bits per heavy atom. The molecule has 4 nitrogen and oxygen atoms in total. The van der Waals surface area contributed by atoms with Crippen LogP contribution in [0.25, 0.3) is 0 Å². The second kappa shape index (κ2) is 4.98. The summed E-state index contributed by atoms with van der Waals surface area (Å²) in [7, 11) is 1.97. The van der Waals surface area contributed by atoms with Crippen LogP contribution < -0.4 is 5.32 Å². The number of hydrogen-bond acceptors (Lipinski definition) is 4. The van der Waals surface area contributed by atoms with E-state index in [1.54, 1.807) is 11.3 Å². The summed E-state index contributed by atoms with van der Waals surface area (Å²) < 4.78 is 1.91. The molecule has 2 rings (SSSR count). The Hall–Kier alpha value is -1.20. The SMILES string of the molecule is Cc1ncsc1CNC(C)c1cnn(C)c1C. The van der Waals surface area contributed by atoms with Crippen molar-refractivity contribution in [3.63, 3.8) is 0 Å². The molecule has 1 unspecified atom stereocenters. The molecule has 0 aliphatic carbocycles. The minimum Gasteiger partial charge on any atom is -0.305 e. The van der Waals surface area contributed by atoms with Crippen LogP contribution in [0.5, 0.6) is 0 Å². The summed E-state index contributed by atoms with van der Waals surface area (Å²) in [5, 5.41) is 7.78. The van der Waals surface area contributed by atoms with Crippen molar-refractivity contribution in [2.45, 2.75) is 33.4 Å². The lowest BCUT2D eigenvalue weighted by Crippen LogP contribution is -2.18. The topological polar surface area (TPSA) is 42.7 Å². The van der Waals surface area contributed by atoms with E-state index in [1.807, 2.05) is 30.4 Å². The van der Waals surface area contributed by atoms with Gasteiger partial charge in [-0.2, -0.15) is 5.10 Å². The summed E-state index contributed by atoms with van der Waals surface area (Å²) in [6, 6.07) is 0.310. The average Bonchev–Trinajstić information content (AvgIpc) is 2.84. The van der Waals surface area contributed by atoms with Crippen LogP contribution in [0.15, 0.2) is 11.7 Å². The van der Waals surface area contributed by atoms with Crippen molar-refractivity contribution in [2.75, 3.05) is 0 Å². The Bertz CT molecular complexity index is 500. The van der Waals surface area contributed by atoms with E-state index in [-0.39, 0.29) is 0 Å². The molecule has 1 atom stereocenters. The Kier molecular flexibility index (Phi) is 3.59. The number of nitrogens with one attached hydrogen (secondary N) is 1. The van der Waals surface area contributed by atoms with Gasteiger partial charge in [-0.15, -0.1) is 11.3 Å². The molecule has 0 saturated heterocycles. The van der Waals surface area contributed by atoms with Crippen LogP contribution in [-0.2, 0) is 13.6 Å². The first kappa shape index (κ1) is 12.3. The smallest absolute Gasteiger partial charge is 0.0798 e. The second-order valence-electron chi connectivity index (χ2n) is 4.27. The van der Waals surface area contributed by atoms with Crippen LogP contribution in [0, 0.1) is 13.8 Å². The molecule has 0 aliphatic heterocycles. The molecule has 17 heavy (non-hydrogen) atoms. The van der Waals surface area contributed by atoms with E-state index >= 15 is 0 Å². The van der Waals surface area contributed by atoms with Crippen LogP contribution in [0.4, 0.5) is 0 Å². The van der Waals surface area contributed by atoms with Crippen LogP contribution in [0.2, 0.25) is 0 Å². The molecule has 2 aromatic heterocycles. The minimum atomic E-state index is 0.310. The largest absolute Gasteiger partial charge is 0.305 e. The van der Waals surface area contributed by atoms with Gasteiger partial charge in [-0.1, -0.05) is 0 Å². The van der Waals surface area contributed by atoms with Crippen LogP contribution in [0.3, 0.4) is 0 Å². The normalized spacial score (nSPS) is 12.9. The predicted molar refractivity (Wildman–Crippen MR) is 70.1 cm³/mol. The monoisotopic (exact) mass is 250 g/mol. The summed E-state index contributed by atoms with van der Waals surface area (Å²) in [5.74, 6) is 0. The van der Waals surface area contributed by atoms with Gasteiger partial charge in [0, 0.05) is 35.8 Å². The number of aromatic nitrogens is 3. The van der Waals surface area contributed by atoms with Crippen molar-refractivity contribution in [3.8, 4) is 0 Å². The molecule has 0 aliphatic rings. The first-order valence-corrected chi connectivity index (χ1v) is 6.58. The highest BCUT2D eigenvalue weighted by molar-refractivity contribution is 7.09. The van der Waals surface area contributed by atoms with Gasteiger partial charge in [0.15, 0.2) is 0 Å². The lowest BCUT2D eigenvalue weighted by molar-refractivity contribution is 0.573. The number of aryl methyl sites for hydroxylation is 2. The highest BCUT2D eigenvalue weighted by Gasteiger charge is 2.12. The van der Waals surface area contributed by atoms with Crippen LogP contribution in [0.1, 0.15) is 34.8 Å². The quantitative estimate of drug-likeness (QED) is 0.905. The molecule has 0 aromatic carbocycles. The zero-order valence-electron chi connectivity index (χ0n) is 10.7. The molecule has 0 amide bonds. The molecule has 0 spiro atoms. The van der Waals surface area contributed by atoms with Gasteiger partial charge in [-0.25, -0.2) is 4.98 Å². The van der Waals surface area contributed by atoms with Crippen molar-refractivity contribution in [1.29, 1.82) is 0 Å². The van der Waals surface area contributed by atoms with E-state index in [4.69, 9.17) is 0 Å². The average molecular weight is 250 g/mol. The molecule has 92 valence electrons. The first-order chi connectivity index (χ1) is 8.09. The van der Waals surface area contributed by atoms with Crippen LogP contribution >= 0.6 is 11.3 Å². The molecule has 2 aromatic rings. The summed E-state index contributed by atoms with van der Waals surface area (Å²) in [4.78, 5) is 5.56. The number of thiazole rings is 1. The summed E-state index contributed by atoms with van der Waals surface area (Å²) in [5.41, 5.74) is 5.49. The zero-order chi connectivity index (χ0) is 12.4. The van der Waals surface area contributed by atoms with Crippen molar-refractivity contribution in [2.24, 2.45) is 7.05 Å². The fourth-order valence-corrected chi connectivity index (χ4v) is 2.52. The van der Waals surface area contributed by atoms with E-state index in [2.05, 4.69) is 29.2 Å². The maximum atomic E-state index is 4.27. The fraction of sp³-hybridized carbons (Fsp3) is 0.500.